The summed E-state index contributed by atoms with van der Waals surface area (Å²) in [6.07, 6.45) is 3.39. The monoisotopic (exact) mass is 247 g/mol. The van der Waals surface area contributed by atoms with Gasteiger partial charge in [0.05, 0.1) is 12.2 Å². The molecule has 0 spiro atoms. The molecule has 0 saturated heterocycles. The first-order valence-corrected chi connectivity index (χ1v) is 5.39. The fourth-order valence-corrected chi connectivity index (χ4v) is 1.25. The van der Waals surface area contributed by atoms with Crippen LogP contribution in [0.3, 0.4) is 0 Å². The predicted molar refractivity (Wildman–Crippen MR) is 63.9 cm³/mol. The number of nitrogens with one attached hydrogen (secondary N) is 2. The van der Waals surface area contributed by atoms with Gasteiger partial charge < -0.3 is 9.84 Å². The average molecular weight is 247 g/mol. The van der Waals surface area contributed by atoms with E-state index >= 15 is 0 Å². The highest BCUT2D eigenvalue weighted by Gasteiger charge is 2.06. The number of amides is 2. The zero-order chi connectivity index (χ0) is 13.0. The topological polar surface area (TPSA) is 92.9 Å². The molecule has 0 saturated carbocycles. The standard InChI is InChI=1S/C11H13N5O2/c1-7-4-12-9(13-5-7)6-14-11(17)15-10-3-8(2)16-18-10/h3-5H,6H2,1-2H3,(H2,14,15,17). The molecule has 0 aliphatic rings. The number of urea groups is 1. The van der Waals surface area contributed by atoms with Gasteiger partial charge in [0.25, 0.3) is 0 Å². The van der Waals surface area contributed by atoms with Crippen LogP contribution < -0.4 is 10.6 Å². The predicted octanol–water partition coefficient (Wildman–Crippen LogP) is 1.40. The van der Waals surface area contributed by atoms with Crippen molar-refractivity contribution < 1.29 is 9.32 Å². The van der Waals surface area contributed by atoms with Crippen LogP contribution in [0.1, 0.15) is 17.1 Å². The number of anilines is 1. The molecule has 18 heavy (non-hydrogen) atoms. The van der Waals surface area contributed by atoms with E-state index in [2.05, 4.69) is 25.8 Å². The van der Waals surface area contributed by atoms with Gasteiger partial charge in [-0.05, 0) is 19.4 Å². The summed E-state index contributed by atoms with van der Waals surface area (Å²) in [5.74, 6) is 0.847. The smallest absolute Gasteiger partial charge is 0.322 e. The Morgan fingerprint density at radius 1 is 1.33 bits per heavy atom. The molecule has 94 valence electrons. The van der Waals surface area contributed by atoms with E-state index in [0.717, 1.165) is 5.56 Å². The molecule has 0 fully saturated rings. The van der Waals surface area contributed by atoms with E-state index in [1.54, 1.807) is 25.4 Å². The summed E-state index contributed by atoms with van der Waals surface area (Å²) in [5, 5.41) is 8.78. The number of hydrogen-bond acceptors (Lipinski definition) is 5. The molecule has 2 N–H and O–H groups in total. The zero-order valence-corrected chi connectivity index (χ0v) is 10.1. The molecule has 0 bridgehead atoms. The highest BCUT2D eigenvalue weighted by molar-refractivity contribution is 5.87. The van der Waals surface area contributed by atoms with E-state index < -0.39 is 6.03 Å². The van der Waals surface area contributed by atoms with E-state index in [1.165, 1.54) is 0 Å². The Kier molecular flexibility index (Phi) is 3.52. The second-order valence-corrected chi connectivity index (χ2v) is 3.82. The number of nitrogens with zero attached hydrogens (tertiary/aromatic N) is 3. The van der Waals surface area contributed by atoms with Gasteiger partial charge in [-0.25, -0.2) is 14.8 Å². The quantitative estimate of drug-likeness (QED) is 0.855. The van der Waals surface area contributed by atoms with Crippen LogP contribution in [-0.4, -0.2) is 21.2 Å². The first kappa shape index (κ1) is 12.0. The number of hydrogen-bond donors (Lipinski definition) is 2. The lowest BCUT2D eigenvalue weighted by molar-refractivity contribution is 0.250. The van der Waals surface area contributed by atoms with E-state index in [0.29, 0.717) is 17.4 Å². The third kappa shape index (κ3) is 3.27. The lowest BCUT2D eigenvalue weighted by Gasteiger charge is -2.03. The summed E-state index contributed by atoms with van der Waals surface area (Å²) in [7, 11) is 0. The van der Waals surface area contributed by atoms with Crippen LogP contribution in [-0.2, 0) is 6.54 Å². The van der Waals surface area contributed by atoms with Crippen LogP contribution in [0.5, 0.6) is 0 Å². The Morgan fingerprint density at radius 2 is 2.06 bits per heavy atom. The Morgan fingerprint density at radius 3 is 2.67 bits per heavy atom. The molecule has 2 aromatic rings. The molecular weight excluding hydrogens is 234 g/mol. The fourth-order valence-electron chi connectivity index (χ4n) is 1.25. The van der Waals surface area contributed by atoms with Crippen molar-refractivity contribution in [1.29, 1.82) is 0 Å². The lowest BCUT2D eigenvalue weighted by Crippen LogP contribution is -2.28. The van der Waals surface area contributed by atoms with Crippen molar-refractivity contribution in [2.45, 2.75) is 20.4 Å². The maximum Gasteiger partial charge on any atom is 0.322 e. The van der Waals surface area contributed by atoms with Crippen LogP contribution in [0.2, 0.25) is 0 Å². The minimum absolute atomic E-state index is 0.249. The maximum atomic E-state index is 11.5. The van der Waals surface area contributed by atoms with Gasteiger partial charge in [0.2, 0.25) is 5.88 Å². The number of aromatic nitrogens is 3. The molecule has 0 atom stereocenters. The van der Waals surface area contributed by atoms with Crippen LogP contribution in [0.4, 0.5) is 10.7 Å². The van der Waals surface area contributed by atoms with Gasteiger partial charge in [0.1, 0.15) is 5.82 Å². The molecule has 2 heterocycles. The van der Waals surface area contributed by atoms with Gasteiger partial charge in [-0.3, -0.25) is 5.32 Å². The molecule has 0 aliphatic heterocycles. The second-order valence-electron chi connectivity index (χ2n) is 3.82. The highest BCUT2D eigenvalue weighted by atomic mass is 16.5. The van der Waals surface area contributed by atoms with E-state index in [1.807, 2.05) is 6.92 Å². The Hall–Kier alpha value is -2.44. The first-order chi connectivity index (χ1) is 8.63. The Balaban J connectivity index is 1.83. The van der Waals surface area contributed by atoms with Gasteiger partial charge >= 0.3 is 6.03 Å². The summed E-state index contributed by atoms with van der Waals surface area (Å²) < 4.78 is 4.85. The molecular formula is C11H13N5O2. The molecule has 7 nitrogen and oxygen atoms in total. The lowest BCUT2D eigenvalue weighted by atomic mass is 10.4. The van der Waals surface area contributed by atoms with Crippen LogP contribution in [0, 0.1) is 13.8 Å². The summed E-state index contributed by atoms with van der Waals surface area (Å²) in [6, 6.07) is 1.23. The molecule has 2 aromatic heterocycles. The molecule has 0 unspecified atom stereocenters. The Bertz CT molecular complexity index is 535. The molecule has 0 aliphatic carbocycles. The van der Waals surface area contributed by atoms with Crippen LogP contribution in [0.15, 0.2) is 23.0 Å². The molecule has 0 aromatic carbocycles. The number of rotatable bonds is 3. The minimum atomic E-state index is -0.393. The molecule has 2 amide bonds. The summed E-state index contributed by atoms with van der Waals surface area (Å²) in [4.78, 5) is 19.6. The van der Waals surface area contributed by atoms with Crippen molar-refractivity contribution in [2.75, 3.05) is 5.32 Å². The second kappa shape index (κ2) is 5.26. The number of carbonyl (C=O) groups is 1. The van der Waals surface area contributed by atoms with Crippen LogP contribution in [0.25, 0.3) is 0 Å². The van der Waals surface area contributed by atoms with Crippen LogP contribution >= 0.6 is 0 Å². The van der Waals surface area contributed by atoms with Crippen molar-refractivity contribution in [1.82, 2.24) is 20.4 Å². The zero-order valence-electron chi connectivity index (χ0n) is 10.1. The van der Waals surface area contributed by atoms with Crippen molar-refractivity contribution in [2.24, 2.45) is 0 Å². The molecule has 7 heteroatoms. The third-order valence-electron chi connectivity index (χ3n) is 2.11. The maximum absolute atomic E-state index is 11.5. The van der Waals surface area contributed by atoms with Gasteiger partial charge in [-0.15, -0.1) is 0 Å². The molecule has 2 rings (SSSR count). The fraction of sp³-hybridized carbons (Fsp3) is 0.273. The normalized spacial score (nSPS) is 10.1. The van der Waals surface area contributed by atoms with Crippen molar-refractivity contribution in [3.8, 4) is 0 Å². The average Bonchev–Trinajstić information content (AvgIpc) is 2.74. The minimum Gasteiger partial charge on any atom is -0.338 e. The van der Waals surface area contributed by atoms with Gasteiger partial charge in [0, 0.05) is 18.5 Å². The van der Waals surface area contributed by atoms with E-state index in [-0.39, 0.29) is 6.54 Å². The number of carbonyl (C=O) groups excluding carboxylic acids is 1. The Labute approximate surface area is 104 Å². The summed E-state index contributed by atoms with van der Waals surface area (Å²) >= 11 is 0. The number of aryl methyl sites for hydroxylation is 2. The summed E-state index contributed by atoms with van der Waals surface area (Å²) in [6.45, 7) is 3.92. The highest BCUT2D eigenvalue weighted by Crippen LogP contribution is 2.07. The third-order valence-corrected chi connectivity index (χ3v) is 2.11. The van der Waals surface area contributed by atoms with Gasteiger partial charge in [-0.1, -0.05) is 5.16 Å². The van der Waals surface area contributed by atoms with E-state index in [4.69, 9.17) is 4.52 Å². The summed E-state index contributed by atoms with van der Waals surface area (Å²) in [5.41, 5.74) is 1.67. The van der Waals surface area contributed by atoms with Gasteiger partial charge in [0.15, 0.2) is 0 Å². The SMILES string of the molecule is Cc1cnc(CNC(=O)Nc2cc(C)no2)nc1. The van der Waals surface area contributed by atoms with Crippen molar-refractivity contribution in [3.05, 3.63) is 35.5 Å². The van der Waals surface area contributed by atoms with Gasteiger partial charge in [-0.2, -0.15) is 0 Å². The largest absolute Gasteiger partial charge is 0.338 e. The van der Waals surface area contributed by atoms with Crippen molar-refractivity contribution >= 4 is 11.9 Å². The molecule has 0 radical (unpaired) electrons. The first-order valence-electron chi connectivity index (χ1n) is 5.39. The van der Waals surface area contributed by atoms with Crippen molar-refractivity contribution in [3.63, 3.8) is 0 Å². The van der Waals surface area contributed by atoms with E-state index in [9.17, 15) is 4.79 Å².